The van der Waals surface area contributed by atoms with Crippen LogP contribution in [0.3, 0.4) is 0 Å². The monoisotopic (exact) mass is 431 g/mol. The molecule has 6 heteroatoms. The summed E-state index contributed by atoms with van der Waals surface area (Å²) in [6.45, 7) is 4.08. The van der Waals surface area contributed by atoms with Crippen molar-refractivity contribution in [2.24, 2.45) is 0 Å². The average Bonchev–Trinajstić information content (AvgIpc) is 3.14. The Hall–Kier alpha value is -3.62. The Bertz CT molecular complexity index is 1290. The molecule has 154 valence electrons. The number of aryl methyl sites for hydroxylation is 2. The summed E-state index contributed by atoms with van der Waals surface area (Å²) in [5.74, 6) is 0.638. The number of imidazole rings is 1. The molecule has 0 radical (unpaired) electrons. The SMILES string of the molecule is Cc1cc2nc(C(C#N)=Cc3cccc(OCc4c(F)cccc4Cl)c3)[nH]c2cc1C. The maximum Gasteiger partial charge on any atom is 0.149 e. The number of rotatable bonds is 5. The third-order valence-corrected chi connectivity index (χ3v) is 5.44. The Balaban J connectivity index is 1.60. The molecule has 4 rings (SSSR count). The lowest BCUT2D eigenvalue weighted by Gasteiger charge is -2.09. The summed E-state index contributed by atoms with van der Waals surface area (Å²) in [5, 5.41) is 10.0. The molecule has 0 amide bonds. The number of ether oxygens (including phenoxy) is 1. The van der Waals surface area contributed by atoms with Crippen LogP contribution in [0.5, 0.6) is 5.75 Å². The second kappa shape index (κ2) is 8.63. The van der Waals surface area contributed by atoms with Gasteiger partial charge in [-0.3, -0.25) is 0 Å². The maximum absolute atomic E-state index is 14.0. The molecule has 1 aromatic heterocycles. The minimum atomic E-state index is -0.411. The smallest absolute Gasteiger partial charge is 0.149 e. The zero-order valence-corrected chi connectivity index (χ0v) is 17.8. The third kappa shape index (κ3) is 4.45. The first-order valence-electron chi connectivity index (χ1n) is 9.69. The number of benzene rings is 3. The van der Waals surface area contributed by atoms with E-state index in [2.05, 4.69) is 16.0 Å². The predicted molar refractivity (Wildman–Crippen MR) is 121 cm³/mol. The molecule has 4 aromatic rings. The molecule has 0 saturated heterocycles. The van der Waals surface area contributed by atoms with Gasteiger partial charge in [0.2, 0.25) is 0 Å². The van der Waals surface area contributed by atoms with Crippen molar-refractivity contribution in [3.05, 3.63) is 93.5 Å². The van der Waals surface area contributed by atoms with E-state index in [4.69, 9.17) is 16.3 Å². The Labute approximate surface area is 184 Å². The molecule has 0 bridgehead atoms. The van der Waals surface area contributed by atoms with Gasteiger partial charge in [-0.2, -0.15) is 5.26 Å². The lowest BCUT2D eigenvalue weighted by Crippen LogP contribution is -1.99. The number of aromatic nitrogens is 2. The highest BCUT2D eigenvalue weighted by atomic mass is 35.5. The number of fused-ring (bicyclic) bond motifs is 1. The quantitative estimate of drug-likeness (QED) is 0.361. The Morgan fingerprint density at radius 2 is 1.94 bits per heavy atom. The number of H-pyrrole nitrogens is 1. The molecular weight excluding hydrogens is 413 g/mol. The van der Waals surface area contributed by atoms with Crippen molar-refractivity contribution in [2.45, 2.75) is 20.5 Å². The summed E-state index contributed by atoms with van der Waals surface area (Å²) in [6.07, 6.45) is 1.74. The van der Waals surface area contributed by atoms with Gasteiger partial charge in [0, 0.05) is 5.56 Å². The average molecular weight is 432 g/mol. The van der Waals surface area contributed by atoms with Gasteiger partial charge in [-0.15, -0.1) is 0 Å². The molecule has 0 spiro atoms. The van der Waals surface area contributed by atoms with Crippen LogP contribution in [0.25, 0.3) is 22.7 Å². The number of hydrogen-bond donors (Lipinski definition) is 1. The van der Waals surface area contributed by atoms with E-state index in [1.165, 1.54) is 6.07 Å². The van der Waals surface area contributed by atoms with Crippen molar-refractivity contribution in [3.63, 3.8) is 0 Å². The predicted octanol–water partition coefficient (Wildman–Crippen LogP) is 6.62. The number of aromatic amines is 1. The van der Waals surface area contributed by atoms with Crippen molar-refractivity contribution >= 4 is 34.3 Å². The van der Waals surface area contributed by atoms with Gasteiger partial charge >= 0.3 is 0 Å². The fourth-order valence-corrected chi connectivity index (χ4v) is 3.45. The topological polar surface area (TPSA) is 61.7 Å². The van der Waals surface area contributed by atoms with Gasteiger partial charge in [0.05, 0.1) is 21.6 Å². The molecule has 0 fully saturated rings. The van der Waals surface area contributed by atoms with Crippen LogP contribution >= 0.6 is 11.6 Å². The van der Waals surface area contributed by atoms with Crippen molar-refractivity contribution < 1.29 is 9.13 Å². The van der Waals surface area contributed by atoms with Crippen LogP contribution in [-0.4, -0.2) is 9.97 Å². The van der Waals surface area contributed by atoms with Crippen LogP contribution in [0.2, 0.25) is 5.02 Å². The summed E-state index contributed by atoms with van der Waals surface area (Å²) >= 11 is 6.06. The molecule has 0 saturated carbocycles. The number of nitriles is 1. The van der Waals surface area contributed by atoms with Crippen molar-refractivity contribution in [2.75, 3.05) is 0 Å². The summed E-state index contributed by atoms with van der Waals surface area (Å²) in [7, 11) is 0. The van der Waals surface area contributed by atoms with Gasteiger partial charge in [0.1, 0.15) is 30.1 Å². The second-order valence-electron chi connectivity index (χ2n) is 7.27. The maximum atomic E-state index is 14.0. The summed E-state index contributed by atoms with van der Waals surface area (Å²) in [4.78, 5) is 7.79. The van der Waals surface area contributed by atoms with E-state index in [0.29, 0.717) is 27.7 Å². The molecular formula is C25H19ClFN3O. The van der Waals surface area contributed by atoms with Crippen molar-refractivity contribution in [3.8, 4) is 11.8 Å². The van der Waals surface area contributed by atoms with Gasteiger partial charge in [0.25, 0.3) is 0 Å². The second-order valence-corrected chi connectivity index (χ2v) is 7.68. The Kier molecular flexibility index (Phi) is 5.75. The van der Waals surface area contributed by atoms with Gasteiger partial charge in [-0.05, 0) is 73.0 Å². The molecule has 0 unspecified atom stereocenters. The molecule has 1 N–H and O–H groups in total. The number of halogens is 2. The molecule has 31 heavy (non-hydrogen) atoms. The van der Waals surface area contributed by atoms with E-state index < -0.39 is 5.82 Å². The molecule has 4 nitrogen and oxygen atoms in total. The third-order valence-electron chi connectivity index (χ3n) is 5.09. The van der Waals surface area contributed by atoms with Gasteiger partial charge < -0.3 is 9.72 Å². The fraction of sp³-hybridized carbons (Fsp3) is 0.120. The lowest BCUT2D eigenvalue weighted by atomic mass is 10.1. The highest BCUT2D eigenvalue weighted by Gasteiger charge is 2.11. The van der Waals surface area contributed by atoms with E-state index in [1.807, 2.05) is 38.1 Å². The molecule has 0 aliphatic rings. The first-order valence-corrected chi connectivity index (χ1v) is 10.1. The largest absolute Gasteiger partial charge is 0.489 e. The van der Waals surface area contributed by atoms with Crippen molar-refractivity contribution in [1.82, 2.24) is 9.97 Å². The number of nitrogens with zero attached hydrogens (tertiary/aromatic N) is 2. The summed E-state index contributed by atoms with van der Waals surface area (Å²) in [6, 6.07) is 18.0. The van der Waals surface area contributed by atoms with E-state index in [-0.39, 0.29) is 6.61 Å². The standard InChI is InChI=1S/C25H19ClFN3O/c1-15-9-23-24(10-16(15)2)30-25(29-23)18(13-28)11-17-5-3-6-19(12-17)31-14-20-21(26)7-4-8-22(20)27/h3-12H,14H2,1-2H3,(H,29,30). The fourth-order valence-electron chi connectivity index (χ4n) is 3.24. The van der Waals surface area contributed by atoms with Crippen LogP contribution in [0.15, 0.2) is 54.6 Å². The van der Waals surface area contributed by atoms with E-state index in [0.717, 1.165) is 27.7 Å². The molecule has 0 atom stereocenters. The summed E-state index contributed by atoms with van der Waals surface area (Å²) in [5.41, 5.74) is 5.48. The van der Waals surface area contributed by atoms with Crippen LogP contribution in [-0.2, 0) is 6.61 Å². The van der Waals surface area contributed by atoms with E-state index in [1.54, 1.807) is 30.3 Å². The van der Waals surface area contributed by atoms with Crippen LogP contribution in [0.4, 0.5) is 4.39 Å². The minimum Gasteiger partial charge on any atom is -0.489 e. The van der Waals surface area contributed by atoms with Crippen LogP contribution in [0, 0.1) is 31.0 Å². The summed E-state index contributed by atoms with van der Waals surface area (Å²) < 4.78 is 19.7. The van der Waals surface area contributed by atoms with E-state index in [9.17, 15) is 9.65 Å². The molecule has 3 aromatic carbocycles. The number of allylic oxidation sites excluding steroid dienone is 1. The molecule has 0 aliphatic carbocycles. The van der Waals surface area contributed by atoms with Crippen molar-refractivity contribution in [1.29, 1.82) is 5.26 Å². The van der Waals surface area contributed by atoms with Gasteiger partial charge in [-0.1, -0.05) is 29.8 Å². The first-order chi connectivity index (χ1) is 14.9. The zero-order chi connectivity index (χ0) is 22.0. The molecule has 0 aliphatic heterocycles. The molecule has 1 heterocycles. The Morgan fingerprint density at radius 3 is 2.71 bits per heavy atom. The minimum absolute atomic E-state index is 0.00601. The first kappa shape index (κ1) is 20.6. The highest BCUT2D eigenvalue weighted by Crippen LogP contribution is 2.25. The Morgan fingerprint density at radius 1 is 1.16 bits per heavy atom. The highest BCUT2D eigenvalue weighted by molar-refractivity contribution is 6.31. The van der Waals surface area contributed by atoms with Crippen LogP contribution in [0.1, 0.15) is 28.1 Å². The van der Waals surface area contributed by atoms with Gasteiger partial charge in [0.15, 0.2) is 0 Å². The van der Waals surface area contributed by atoms with Crippen LogP contribution < -0.4 is 4.74 Å². The number of nitrogens with one attached hydrogen (secondary N) is 1. The lowest BCUT2D eigenvalue weighted by molar-refractivity contribution is 0.300. The zero-order valence-electron chi connectivity index (χ0n) is 17.0. The van der Waals surface area contributed by atoms with Gasteiger partial charge in [-0.25, -0.2) is 9.37 Å². The van der Waals surface area contributed by atoms with E-state index >= 15 is 0 Å². The normalized spacial score (nSPS) is 11.5. The number of hydrogen-bond acceptors (Lipinski definition) is 3.